The number of quaternary nitrogens is 1. The van der Waals surface area contributed by atoms with Crippen LogP contribution in [0.5, 0.6) is 0 Å². The van der Waals surface area contributed by atoms with Crippen molar-refractivity contribution in [2.75, 3.05) is 40.9 Å². The fourth-order valence-electron chi connectivity index (χ4n) is 6.98. The first kappa shape index (κ1) is 54.2. The molecule has 0 aromatic rings. The quantitative estimate of drug-likeness (QED) is 0.0275. The Labute approximate surface area is 342 Å². The van der Waals surface area contributed by atoms with Crippen molar-refractivity contribution in [1.82, 2.24) is 5.32 Å². The number of aliphatic hydroxyl groups excluding tert-OH is 1. The average Bonchev–Trinajstić information content (AvgIpc) is 3.13. The highest BCUT2D eigenvalue weighted by molar-refractivity contribution is 7.45. The summed E-state index contributed by atoms with van der Waals surface area (Å²) in [6.07, 6.45) is 44.0. The Balaban J connectivity index is 4.29. The number of carbonyl (C=O) groups excluding carboxylic acids is 1. The molecule has 55 heavy (non-hydrogen) atoms. The molecule has 0 radical (unpaired) electrons. The molecule has 0 aliphatic heterocycles. The van der Waals surface area contributed by atoms with Crippen LogP contribution in [0.3, 0.4) is 0 Å². The molecule has 0 aliphatic carbocycles. The minimum absolute atomic E-state index is 0.00214. The molecule has 0 aromatic carbocycles. The van der Waals surface area contributed by atoms with Gasteiger partial charge in [-0.15, -0.1) is 0 Å². The van der Waals surface area contributed by atoms with Gasteiger partial charge in [0.05, 0.1) is 39.9 Å². The minimum atomic E-state index is -4.58. The molecule has 0 fully saturated rings. The largest absolute Gasteiger partial charge is 0.756 e. The molecule has 3 atom stereocenters. The van der Waals surface area contributed by atoms with E-state index in [2.05, 4.69) is 19.2 Å². The summed E-state index contributed by atoms with van der Waals surface area (Å²) >= 11 is 0. The van der Waals surface area contributed by atoms with Gasteiger partial charge in [0.2, 0.25) is 5.91 Å². The third-order valence-corrected chi connectivity index (χ3v) is 11.7. The van der Waals surface area contributed by atoms with E-state index < -0.39 is 20.0 Å². The van der Waals surface area contributed by atoms with Crippen LogP contribution < -0.4 is 10.2 Å². The number of amides is 1. The van der Waals surface area contributed by atoms with Crippen LogP contribution in [-0.4, -0.2) is 68.5 Å². The summed E-state index contributed by atoms with van der Waals surface area (Å²) in [5.74, 6) is -0.194. The molecule has 0 saturated carbocycles. The maximum Gasteiger partial charge on any atom is 0.268 e. The minimum Gasteiger partial charge on any atom is -0.756 e. The zero-order valence-electron chi connectivity index (χ0n) is 37.1. The predicted octanol–water partition coefficient (Wildman–Crippen LogP) is 12.5. The van der Waals surface area contributed by atoms with Gasteiger partial charge in [0.15, 0.2) is 0 Å². The standard InChI is InChI=1S/C46H93N2O6P/c1-6-8-10-12-14-16-18-20-21-22-23-24-25-26-28-30-32-34-36-38-40-46(50)47-44(43-54-55(51,52)53-42-41-48(3,4)5)45(49)39-37-35-33-31-29-27-19-17-15-13-11-9-7-2/h37,39,44-45,49H,6-36,38,40-43H2,1-5H3,(H-,47,50,51,52). The van der Waals surface area contributed by atoms with E-state index in [0.717, 1.165) is 38.5 Å². The Kier molecular flexibility index (Phi) is 38.2. The summed E-state index contributed by atoms with van der Waals surface area (Å²) in [6.45, 7) is 4.66. The number of hydrogen-bond acceptors (Lipinski definition) is 6. The Morgan fingerprint density at radius 2 is 0.982 bits per heavy atom. The van der Waals surface area contributed by atoms with E-state index in [0.29, 0.717) is 17.4 Å². The van der Waals surface area contributed by atoms with Crippen molar-refractivity contribution in [3.05, 3.63) is 12.2 Å². The Morgan fingerprint density at radius 3 is 1.36 bits per heavy atom. The van der Waals surface area contributed by atoms with Crippen LogP contribution in [0.1, 0.15) is 226 Å². The number of rotatable bonds is 43. The lowest BCUT2D eigenvalue weighted by Gasteiger charge is -2.29. The molecule has 9 heteroatoms. The van der Waals surface area contributed by atoms with E-state index in [9.17, 15) is 19.4 Å². The summed E-state index contributed by atoms with van der Waals surface area (Å²) in [7, 11) is 1.27. The second-order valence-corrected chi connectivity index (χ2v) is 18.9. The molecule has 0 aromatic heterocycles. The molecule has 0 heterocycles. The lowest BCUT2D eigenvalue weighted by Crippen LogP contribution is -2.45. The lowest BCUT2D eigenvalue weighted by molar-refractivity contribution is -0.870. The van der Waals surface area contributed by atoms with Crippen molar-refractivity contribution in [2.45, 2.75) is 238 Å². The molecule has 2 N–H and O–H groups in total. The van der Waals surface area contributed by atoms with Crippen LogP contribution in [0.25, 0.3) is 0 Å². The molecule has 0 saturated heterocycles. The molecule has 0 rings (SSSR count). The fourth-order valence-corrected chi connectivity index (χ4v) is 7.70. The van der Waals surface area contributed by atoms with Gasteiger partial charge in [-0.05, 0) is 19.3 Å². The first-order valence-corrected chi connectivity index (χ1v) is 25.0. The smallest absolute Gasteiger partial charge is 0.268 e. The molecule has 328 valence electrons. The van der Waals surface area contributed by atoms with E-state index >= 15 is 0 Å². The number of nitrogens with one attached hydrogen (secondary N) is 1. The third kappa shape index (κ3) is 41.2. The predicted molar refractivity (Wildman–Crippen MR) is 233 cm³/mol. The summed E-state index contributed by atoms with van der Waals surface area (Å²) in [5.41, 5.74) is 0. The van der Waals surface area contributed by atoms with Crippen molar-refractivity contribution in [1.29, 1.82) is 0 Å². The van der Waals surface area contributed by atoms with E-state index in [1.165, 1.54) is 167 Å². The van der Waals surface area contributed by atoms with Crippen molar-refractivity contribution in [3.63, 3.8) is 0 Å². The lowest BCUT2D eigenvalue weighted by atomic mass is 10.0. The van der Waals surface area contributed by atoms with Crippen LogP contribution in [-0.2, 0) is 18.4 Å². The van der Waals surface area contributed by atoms with E-state index in [-0.39, 0.29) is 19.1 Å². The molecular formula is C46H93N2O6P. The van der Waals surface area contributed by atoms with Crippen LogP contribution in [0.15, 0.2) is 12.2 Å². The van der Waals surface area contributed by atoms with Crippen LogP contribution in [0.4, 0.5) is 0 Å². The first-order valence-electron chi connectivity index (χ1n) is 23.6. The van der Waals surface area contributed by atoms with Crippen LogP contribution in [0.2, 0.25) is 0 Å². The molecule has 0 spiro atoms. The third-order valence-electron chi connectivity index (χ3n) is 10.7. The second kappa shape index (κ2) is 38.7. The fraction of sp³-hybridized carbons (Fsp3) is 0.935. The van der Waals surface area contributed by atoms with Crippen LogP contribution in [0, 0.1) is 0 Å². The highest BCUT2D eigenvalue weighted by atomic mass is 31.2. The zero-order valence-corrected chi connectivity index (χ0v) is 38.0. The molecular weight excluding hydrogens is 707 g/mol. The zero-order chi connectivity index (χ0) is 40.7. The number of hydrogen-bond donors (Lipinski definition) is 2. The number of likely N-dealkylation sites (N-methyl/N-ethyl adjacent to an activating group) is 1. The van der Waals surface area contributed by atoms with Crippen molar-refractivity contribution in [3.8, 4) is 0 Å². The number of phosphoric ester groups is 1. The maximum atomic E-state index is 12.9. The normalized spacial score (nSPS) is 14.4. The van der Waals surface area contributed by atoms with Gasteiger partial charge in [-0.25, -0.2) is 0 Å². The summed E-state index contributed by atoms with van der Waals surface area (Å²) in [4.78, 5) is 25.3. The highest BCUT2D eigenvalue weighted by Gasteiger charge is 2.23. The first-order chi connectivity index (χ1) is 26.5. The van der Waals surface area contributed by atoms with Gasteiger partial charge in [-0.3, -0.25) is 9.36 Å². The number of aliphatic hydroxyl groups is 1. The molecule has 1 amide bonds. The summed E-state index contributed by atoms with van der Waals surface area (Å²) < 4.78 is 23.2. The second-order valence-electron chi connectivity index (χ2n) is 17.5. The Morgan fingerprint density at radius 1 is 0.618 bits per heavy atom. The van der Waals surface area contributed by atoms with Gasteiger partial charge in [0, 0.05) is 6.42 Å². The number of allylic oxidation sites excluding steroid dienone is 1. The Bertz CT molecular complexity index is 911. The van der Waals surface area contributed by atoms with Crippen molar-refractivity contribution in [2.24, 2.45) is 0 Å². The maximum absolute atomic E-state index is 12.9. The monoisotopic (exact) mass is 801 g/mol. The number of carbonyl (C=O) groups is 1. The van der Waals surface area contributed by atoms with Gasteiger partial charge in [0.25, 0.3) is 7.82 Å². The number of nitrogens with zero attached hydrogens (tertiary/aromatic N) is 1. The van der Waals surface area contributed by atoms with Crippen molar-refractivity contribution < 1.29 is 32.9 Å². The number of unbranched alkanes of at least 4 members (excludes halogenated alkanes) is 30. The average molecular weight is 801 g/mol. The summed E-state index contributed by atoms with van der Waals surface area (Å²) in [5, 5.41) is 13.8. The van der Waals surface area contributed by atoms with E-state index in [1.54, 1.807) is 6.08 Å². The Hall–Kier alpha value is -0.760. The molecule has 8 nitrogen and oxygen atoms in total. The van der Waals surface area contributed by atoms with E-state index in [4.69, 9.17) is 9.05 Å². The van der Waals surface area contributed by atoms with Gasteiger partial charge >= 0.3 is 0 Å². The number of phosphoric acid groups is 1. The highest BCUT2D eigenvalue weighted by Crippen LogP contribution is 2.38. The van der Waals surface area contributed by atoms with Gasteiger partial charge in [-0.1, -0.05) is 212 Å². The van der Waals surface area contributed by atoms with Crippen molar-refractivity contribution >= 4 is 13.7 Å². The van der Waals surface area contributed by atoms with Gasteiger partial charge in [0.1, 0.15) is 13.2 Å². The molecule has 3 unspecified atom stereocenters. The summed E-state index contributed by atoms with van der Waals surface area (Å²) in [6, 6.07) is -0.879. The SMILES string of the molecule is CCCCCCCCCCCCCC=CC(O)C(COP(=O)([O-])OCC[N+](C)(C)C)NC(=O)CCCCCCCCCCCCCCCCCCCCCC. The van der Waals surface area contributed by atoms with Crippen LogP contribution >= 0.6 is 7.82 Å². The van der Waals surface area contributed by atoms with E-state index in [1.807, 2.05) is 27.2 Å². The topological polar surface area (TPSA) is 108 Å². The molecule has 0 bridgehead atoms. The van der Waals surface area contributed by atoms with Gasteiger partial charge < -0.3 is 28.8 Å². The molecule has 0 aliphatic rings. The van der Waals surface area contributed by atoms with Gasteiger partial charge in [-0.2, -0.15) is 0 Å².